The summed E-state index contributed by atoms with van der Waals surface area (Å²) in [4.78, 5) is 36.4. The molecule has 2 aromatic rings. The number of esters is 1. The van der Waals surface area contributed by atoms with Crippen molar-refractivity contribution in [2.75, 3.05) is 29.9 Å². The summed E-state index contributed by atoms with van der Waals surface area (Å²) in [6.07, 6.45) is -0.292. The molecule has 0 atom stereocenters. The van der Waals surface area contributed by atoms with Gasteiger partial charge in [0.05, 0.1) is 17.4 Å². The van der Waals surface area contributed by atoms with Crippen molar-refractivity contribution in [3.8, 4) is 6.07 Å². The van der Waals surface area contributed by atoms with Gasteiger partial charge in [0.15, 0.2) is 6.61 Å². The fraction of sp³-hybridized carbons (Fsp3) is 0.238. The molecule has 0 radical (unpaired) electrons. The van der Waals surface area contributed by atoms with Crippen molar-refractivity contribution in [1.82, 2.24) is 4.72 Å². The molecule has 0 spiro atoms. The van der Waals surface area contributed by atoms with Crippen molar-refractivity contribution in [1.29, 1.82) is 5.26 Å². The fourth-order valence-corrected chi connectivity index (χ4v) is 3.62. The number of rotatable bonds is 10. The number of nitriles is 1. The predicted octanol–water partition coefficient (Wildman–Crippen LogP) is 1.41. The zero-order valence-corrected chi connectivity index (χ0v) is 18.1. The molecule has 32 heavy (non-hydrogen) atoms. The summed E-state index contributed by atoms with van der Waals surface area (Å²) in [7, 11) is -3.87. The van der Waals surface area contributed by atoms with E-state index in [1.54, 1.807) is 30.3 Å². The normalized spacial score (nSPS) is 10.6. The van der Waals surface area contributed by atoms with Crippen molar-refractivity contribution in [2.24, 2.45) is 0 Å². The summed E-state index contributed by atoms with van der Waals surface area (Å²) >= 11 is 0. The second-order valence-corrected chi connectivity index (χ2v) is 8.25. The summed E-state index contributed by atoms with van der Waals surface area (Å²) in [5.41, 5.74) is 0.943. The number of carbonyl (C=O) groups excluding carboxylic acids is 3. The van der Waals surface area contributed by atoms with E-state index in [-0.39, 0.29) is 30.3 Å². The van der Waals surface area contributed by atoms with Crippen molar-refractivity contribution in [3.63, 3.8) is 0 Å². The standard InChI is InChI=1S/C21H22N4O6S/c1-16(26)24-17-7-9-19(10-8-17)32(29,30)23-13-11-21(28)31-15-20(27)25(14-12-22)18-5-3-2-4-6-18/h2-10,23H,11,13-15H2,1H3,(H,24,26). The molecule has 0 saturated carbocycles. The first-order valence-corrected chi connectivity index (χ1v) is 11.0. The van der Waals surface area contributed by atoms with Gasteiger partial charge in [0.2, 0.25) is 15.9 Å². The molecule has 0 aliphatic heterocycles. The Morgan fingerprint density at radius 3 is 2.31 bits per heavy atom. The first-order valence-electron chi connectivity index (χ1n) is 9.48. The maximum absolute atomic E-state index is 12.3. The number of sulfonamides is 1. The molecule has 10 nitrogen and oxygen atoms in total. The summed E-state index contributed by atoms with van der Waals surface area (Å²) in [6.45, 7) is 0.318. The second-order valence-electron chi connectivity index (χ2n) is 6.49. The SMILES string of the molecule is CC(=O)Nc1ccc(S(=O)(=O)NCCC(=O)OCC(=O)N(CC#N)c2ccccc2)cc1. The lowest BCUT2D eigenvalue weighted by atomic mass is 10.3. The lowest BCUT2D eigenvalue weighted by Gasteiger charge is -2.19. The van der Waals surface area contributed by atoms with Crippen molar-refractivity contribution in [3.05, 3.63) is 54.6 Å². The van der Waals surface area contributed by atoms with Gasteiger partial charge >= 0.3 is 5.97 Å². The molecule has 0 bridgehead atoms. The van der Waals surface area contributed by atoms with Crippen LogP contribution in [0.15, 0.2) is 59.5 Å². The Bertz CT molecular complexity index is 1100. The Hall–Kier alpha value is -3.75. The minimum absolute atomic E-state index is 0.0369. The number of ether oxygens (including phenoxy) is 1. The molecule has 2 rings (SSSR count). The van der Waals surface area contributed by atoms with E-state index in [9.17, 15) is 22.8 Å². The van der Waals surface area contributed by atoms with Crippen LogP contribution in [0.25, 0.3) is 0 Å². The molecular weight excluding hydrogens is 436 g/mol. The van der Waals surface area contributed by atoms with E-state index in [0.717, 1.165) is 0 Å². The van der Waals surface area contributed by atoms with Gasteiger partial charge in [-0.25, -0.2) is 13.1 Å². The van der Waals surface area contributed by atoms with Gasteiger partial charge in [0.1, 0.15) is 6.54 Å². The van der Waals surface area contributed by atoms with Crippen molar-refractivity contribution < 1.29 is 27.5 Å². The zero-order chi connectivity index (χ0) is 23.6. The number of hydrogen-bond acceptors (Lipinski definition) is 7. The van der Waals surface area contributed by atoms with Gasteiger partial charge in [-0.2, -0.15) is 5.26 Å². The number of nitrogens with zero attached hydrogens (tertiary/aromatic N) is 2. The van der Waals surface area contributed by atoms with Gasteiger partial charge in [0, 0.05) is 24.8 Å². The third kappa shape index (κ3) is 7.50. The molecule has 2 N–H and O–H groups in total. The van der Waals surface area contributed by atoms with E-state index in [4.69, 9.17) is 10.00 Å². The van der Waals surface area contributed by atoms with Crippen LogP contribution in [0.5, 0.6) is 0 Å². The van der Waals surface area contributed by atoms with Crippen LogP contribution in [0.2, 0.25) is 0 Å². The Balaban J connectivity index is 1.83. The van der Waals surface area contributed by atoms with Crippen molar-refractivity contribution in [2.45, 2.75) is 18.2 Å². The van der Waals surface area contributed by atoms with Crippen LogP contribution in [0, 0.1) is 11.3 Å². The highest BCUT2D eigenvalue weighted by molar-refractivity contribution is 7.89. The Morgan fingerprint density at radius 2 is 1.72 bits per heavy atom. The molecule has 0 heterocycles. The summed E-state index contributed by atoms with van der Waals surface area (Å²) < 4.78 is 31.8. The van der Waals surface area contributed by atoms with Crippen LogP contribution >= 0.6 is 0 Å². The molecule has 2 amide bonds. The average Bonchev–Trinajstić information content (AvgIpc) is 2.76. The fourth-order valence-electron chi connectivity index (χ4n) is 2.59. The smallest absolute Gasteiger partial charge is 0.307 e. The molecule has 168 valence electrons. The van der Waals surface area contributed by atoms with Gasteiger partial charge in [-0.3, -0.25) is 19.3 Å². The van der Waals surface area contributed by atoms with Gasteiger partial charge in [0.25, 0.3) is 5.91 Å². The number of amides is 2. The van der Waals surface area contributed by atoms with Crippen LogP contribution in [-0.4, -0.2) is 45.9 Å². The van der Waals surface area contributed by atoms with Gasteiger partial charge < -0.3 is 10.1 Å². The Labute approximate surface area is 185 Å². The number of benzene rings is 2. The summed E-state index contributed by atoms with van der Waals surface area (Å²) in [5, 5.41) is 11.5. The van der Waals surface area contributed by atoms with Crippen LogP contribution in [0.1, 0.15) is 13.3 Å². The zero-order valence-electron chi connectivity index (χ0n) is 17.3. The first-order chi connectivity index (χ1) is 15.2. The Morgan fingerprint density at radius 1 is 1.06 bits per heavy atom. The molecule has 0 unspecified atom stereocenters. The van der Waals surface area contributed by atoms with E-state index in [0.29, 0.717) is 11.4 Å². The first kappa shape index (κ1) is 24.5. The minimum Gasteiger partial charge on any atom is -0.456 e. The lowest BCUT2D eigenvalue weighted by Crippen LogP contribution is -2.35. The second kappa shape index (κ2) is 11.6. The van der Waals surface area contributed by atoms with E-state index in [1.165, 1.54) is 36.1 Å². The highest BCUT2D eigenvalue weighted by Crippen LogP contribution is 2.14. The third-order valence-electron chi connectivity index (χ3n) is 4.06. The number of nitrogens with one attached hydrogen (secondary N) is 2. The Kier molecular flexibility index (Phi) is 8.88. The number of para-hydroxylation sites is 1. The highest BCUT2D eigenvalue weighted by Gasteiger charge is 2.18. The quantitative estimate of drug-likeness (QED) is 0.404. The van der Waals surface area contributed by atoms with Gasteiger partial charge in [-0.05, 0) is 36.4 Å². The number of anilines is 2. The van der Waals surface area contributed by atoms with Crippen LogP contribution < -0.4 is 14.9 Å². The lowest BCUT2D eigenvalue weighted by molar-refractivity contribution is -0.147. The maximum atomic E-state index is 12.3. The monoisotopic (exact) mass is 458 g/mol. The van der Waals surface area contributed by atoms with Gasteiger partial charge in [-0.15, -0.1) is 0 Å². The molecule has 2 aromatic carbocycles. The predicted molar refractivity (Wildman–Crippen MR) is 116 cm³/mol. The molecule has 0 saturated heterocycles. The molecular formula is C21H22N4O6S. The number of hydrogen-bond donors (Lipinski definition) is 2. The maximum Gasteiger partial charge on any atom is 0.307 e. The van der Waals surface area contributed by atoms with Gasteiger partial charge in [-0.1, -0.05) is 18.2 Å². The van der Waals surface area contributed by atoms with Crippen LogP contribution in [-0.2, 0) is 29.1 Å². The van der Waals surface area contributed by atoms with E-state index in [1.807, 2.05) is 6.07 Å². The average molecular weight is 458 g/mol. The molecule has 0 aliphatic rings. The molecule has 0 aromatic heterocycles. The molecule has 11 heteroatoms. The minimum atomic E-state index is -3.87. The highest BCUT2D eigenvalue weighted by atomic mass is 32.2. The van der Waals surface area contributed by atoms with Crippen molar-refractivity contribution >= 4 is 39.2 Å². The third-order valence-corrected chi connectivity index (χ3v) is 5.54. The van der Waals surface area contributed by atoms with E-state index >= 15 is 0 Å². The van der Waals surface area contributed by atoms with Crippen LogP contribution in [0.3, 0.4) is 0 Å². The summed E-state index contributed by atoms with van der Waals surface area (Å²) in [5.74, 6) is -1.63. The topological polar surface area (TPSA) is 146 Å². The molecule has 0 fully saturated rings. The van der Waals surface area contributed by atoms with E-state index in [2.05, 4.69) is 10.0 Å². The van der Waals surface area contributed by atoms with Crippen LogP contribution in [0.4, 0.5) is 11.4 Å². The molecule has 0 aliphatic carbocycles. The largest absolute Gasteiger partial charge is 0.456 e. The van der Waals surface area contributed by atoms with E-state index < -0.39 is 28.5 Å². The summed E-state index contributed by atoms with van der Waals surface area (Å²) in [6, 6.07) is 15.9. The number of carbonyl (C=O) groups is 3.